The lowest BCUT2D eigenvalue weighted by Crippen LogP contribution is -2.23. The number of carbonyl (C=O) groups excluding carboxylic acids is 2. The molecule has 43 heavy (non-hydrogen) atoms. The van der Waals surface area contributed by atoms with Crippen molar-refractivity contribution in [2.75, 3.05) is 0 Å². The molecule has 1 aromatic heterocycles. The van der Waals surface area contributed by atoms with Crippen molar-refractivity contribution in [3.8, 4) is 0 Å². The van der Waals surface area contributed by atoms with Gasteiger partial charge in [0, 0.05) is 43.1 Å². The van der Waals surface area contributed by atoms with Crippen LogP contribution < -0.4 is 0 Å². The molecule has 232 valence electrons. The number of aliphatic carboxylic acids is 1. The Morgan fingerprint density at radius 2 is 1.79 bits per heavy atom. The van der Waals surface area contributed by atoms with E-state index in [1.54, 1.807) is 6.07 Å². The first kappa shape index (κ1) is 31.3. The Labute approximate surface area is 254 Å². The molecule has 0 amide bonds. The number of rotatable bonds is 13. The van der Waals surface area contributed by atoms with Gasteiger partial charge in [-0.15, -0.1) is 0 Å². The molecule has 2 aromatic rings. The number of halogens is 1. The van der Waals surface area contributed by atoms with Crippen molar-refractivity contribution in [2.45, 2.75) is 122 Å². The van der Waals surface area contributed by atoms with Crippen LogP contribution in [0.15, 0.2) is 45.5 Å². The molecule has 1 aromatic carbocycles. The number of aromatic nitrogens is 1. The molecule has 0 radical (unpaired) electrons. The fourth-order valence-electron chi connectivity index (χ4n) is 7.85. The van der Waals surface area contributed by atoms with E-state index >= 15 is 0 Å². The van der Waals surface area contributed by atoms with Crippen molar-refractivity contribution in [3.05, 3.63) is 52.5 Å². The Balaban J connectivity index is 1.09. The molecule has 2 saturated carbocycles. The molecule has 1 heterocycles. The molecule has 0 bridgehead atoms. The zero-order valence-corrected chi connectivity index (χ0v) is 25.5. The van der Waals surface area contributed by atoms with E-state index in [1.807, 2.05) is 0 Å². The number of Topliss-reactive ketones (excluding diaryl/α,β-unsaturated/α-hetero) is 2. The van der Waals surface area contributed by atoms with Crippen LogP contribution in [0.5, 0.6) is 0 Å². The van der Waals surface area contributed by atoms with Crippen molar-refractivity contribution in [3.63, 3.8) is 0 Å². The fourth-order valence-corrected chi connectivity index (χ4v) is 7.85. The number of benzene rings is 1. The third-order valence-corrected chi connectivity index (χ3v) is 10.2. The normalized spacial score (nSPS) is 24.5. The average Bonchev–Trinajstić information content (AvgIpc) is 3.34. The van der Waals surface area contributed by atoms with Gasteiger partial charge in [-0.05, 0) is 112 Å². The van der Waals surface area contributed by atoms with E-state index in [0.29, 0.717) is 49.5 Å². The maximum atomic E-state index is 13.5. The molecule has 2 fully saturated rings. The van der Waals surface area contributed by atoms with Crippen molar-refractivity contribution in [1.82, 2.24) is 5.16 Å². The van der Waals surface area contributed by atoms with Gasteiger partial charge in [0.05, 0.1) is 5.69 Å². The van der Waals surface area contributed by atoms with Crippen LogP contribution in [0.3, 0.4) is 0 Å². The summed E-state index contributed by atoms with van der Waals surface area (Å²) in [5.41, 5.74) is 4.87. The Morgan fingerprint density at radius 3 is 2.58 bits per heavy atom. The maximum Gasteiger partial charge on any atom is 0.303 e. The largest absolute Gasteiger partial charge is 0.481 e. The molecule has 0 aliphatic heterocycles. The summed E-state index contributed by atoms with van der Waals surface area (Å²) in [4.78, 5) is 36.8. The van der Waals surface area contributed by atoms with Crippen molar-refractivity contribution >= 4 is 28.5 Å². The molecule has 5 rings (SSSR count). The third-order valence-electron chi connectivity index (χ3n) is 10.2. The molecule has 6 nitrogen and oxygen atoms in total. The van der Waals surface area contributed by atoms with Crippen molar-refractivity contribution in [1.29, 1.82) is 0 Å². The summed E-state index contributed by atoms with van der Waals surface area (Å²) in [5.74, 6) is 0.905. The van der Waals surface area contributed by atoms with Crippen LogP contribution in [0.2, 0.25) is 0 Å². The number of carbonyl (C=O) groups is 3. The highest BCUT2D eigenvalue weighted by Gasteiger charge is 2.33. The Bertz CT molecular complexity index is 1380. The van der Waals surface area contributed by atoms with Crippen LogP contribution in [-0.2, 0) is 14.4 Å². The minimum atomic E-state index is -0.811. The second-order valence-electron chi connectivity index (χ2n) is 13.3. The first-order valence-electron chi connectivity index (χ1n) is 16.5. The first-order chi connectivity index (χ1) is 20.8. The van der Waals surface area contributed by atoms with Gasteiger partial charge in [0.15, 0.2) is 11.4 Å². The van der Waals surface area contributed by atoms with Crippen LogP contribution >= 0.6 is 0 Å². The van der Waals surface area contributed by atoms with E-state index in [-0.39, 0.29) is 35.6 Å². The number of fused-ring (bicyclic) bond motifs is 2. The maximum absolute atomic E-state index is 13.5. The van der Waals surface area contributed by atoms with Gasteiger partial charge >= 0.3 is 5.97 Å². The summed E-state index contributed by atoms with van der Waals surface area (Å²) in [7, 11) is 0. The standard InChI is InChI=1S/C36H46FNO5/c1-23-19-32-26(20-29(39)10-3-5-12-35(41)42)8-6-9-27(32)21-33(40)30(23)11-4-2-7-24-13-15-25(16-14-24)36-31-18-17-28(37)22-34(31)43-38-36/h17-19,22,24-27H,2-16,20-21H2,1H3,(H,41,42). The molecule has 0 saturated heterocycles. The average molecular weight is 592 g/mol. The Kier molecular flexibility index (Phi) is 10.6. The fraction of sp³-hybridized carbons (Fsp3) is 0.611. The van der Waals surface area contributed by atoms with Crippen LogP contribution in [-0.4, -0.2) is 27.8 Å². The van der Waals surface area contributed by atoms with Crippen LogP contribution in [0.25, 0.3) is 11.0 Å². The highest BCUT2D eigenvalue weighted by atomic mass is 19.1. The van der Waals surface area contributed by atoms with Gasteiger partial charge in [-0.1, -0.05) is 36.1 Å². The van der Waals surface area contributed by atoms with E-state index in [9.17, 15) is 18.8 Å². The lowest BCUT2D eigenvalue weighted by atomic mass is 9.73. The van der Waals surface area contributed by atoms with Gasteiger partial charge < -0.3 is 9.63 Å². The number of unbranched alkanes of at least 4 members (excludes halogenated alkanes) is 2. The molecular weight excluding hydrogens is 545 g/mol. The minimum Gasteiger partial charge on any atom is -0.481 e. The van der Waals surface area contributed by atoms with Gasteiger partial charge in [-0.2, -0.15) is 0 Å². The highest BCUT2D eigenvalue weighted by Crippen LogP contribution is 2.43. The first-order valence-corrected chi connectivity index (χ1v) is 16.5. The SMILES string of the molecule is CC1=C(CCCCC2CCC(c3noc4cc(F)ccc34)CC2)C(=O)CC2CCCC(CC(=O)CCCCC(=O)O)C2=C1. The number of hydrogen-bond donors (Lipinski definition) is 1. The van der Waals surface area contributed by atoms with Gasteiger partial charge in [0.25, 0.3) is 0 Å². The number of allylic oxidation sites excluding steroid dienone is 4. The summed E-state index contributed by atoms with van der Waals surface area (Å²) in [6.45, 7) is 2.07. The van der Waals surface area contributed by atoms with E-state index in [2.05, 4.69) is 18.2 Å². The predicted octanol–water partition coefficient (Wildman–Crippen LogP) is 9.04. The van der Waals surface area contributed by atoms with Gasteiger partial charge in [0.2, 0.25) is 0 Å². The second-order valence-corrected chi connectivity index (χ2v) is 13.3. The lowest BCUT2D eigenvalue weighted by Gasteiger charge is -2.31. The monoisotopic (exact) mass is 591 g/mol. The van der Waals surface area contributed by atoms with E-state index < -0.39 is 5.97 Å². The summed E-state index contributed by atoms with van der Waals surface area (Å²) >= 11 is 0. The number of hydrogen-bond acceptors (Lipinski definition) is 5. The van der Waals surface area contributed by atoms with Crippen LogP contribution in [0.1, 0.15) is 128 Å². The minimum absolute atomic E-state index is 0.117. The van der Waals surface area contributed by atoms with Crippen LogP contribution in [0, 0.1) is 23.6 Å². The quantitative estimate of drug-likeness (QED) is 0.233. The highest BCUT2D eigenvalue weighted by molar-refractivity contribution is 5.97. The predicted molar refractivity (Wildman–Crippen MR) is 164 cm³/mol. The molecule has 0 spiro atoms. The molecule has 2 unspecified atom stereocenters. The van der Waals surface area contributed by atoms with E-state index in [1.165, 1.54) is 24.1 Å². The summed E-state index contributed by atoms with van der Waals surface area (Å²) in [5, 5.41) is 14.0. The van der Waals surface area contributed by atoms with E-state index in [4.69, 9.17) is 9.63 Å². The molecule has 7 heteroatoms. The summed E-state index contributed by atoms with van der Waals surface area (Å²) in [6.07, 6.45) is 16.7. The zero-order valence-electron chi connectivity index (χ0n) is 25.5. The van der Waals surface area contributed by atoms with Gasteiger partial charge in [-0.25, -0.2) is 4.39 Å². The molecular formula is C36H46FNO5. The number of carboxylic acids is 1. The van der Waals surface area contributed by atoms with Gasteiger partial charge in [-0.3, -0.25) is 14.4 Å². The number of ketones is 2. The smallest absolute Gasteiger partial charge is 0.303 e. The van der Waals surface area contributed by atoms with Crippen molar-refractivity contribution < 1.29 is 28.4 Å². The topological polar surface area (TPSA) is 97.5 Å². The lowest BCUT2D eigenvalue weighted by molar-refractivity contribution is -0.137. The third kappa shape index (κ3) is 8.10. The zero-order chi connectivity index (χ0) is 30.3. The van der Waals surface area contributed by atoms with Gasteiger partial charge in [0.1, 0.15) is 11.6 Å². The van der Waals surface area contributed by atoms with E-state index in [0.717, 1.165) is 86.4 Å². The molecule has 2 atom stereocenters. The number of carboxylic acid groups (broad SMARTS) is 1. The van der Waals surface area contributed by atoms with Crippen molar-refractivity contribution in [2.24, 2.45) is 17.8 Å². The second kappa shape index (κ2) is 14.6. The molecule has 3 aliphatic carbocycles. The molecule has 1 N–H and O–H groups in total. The summed E-state index contributed by atoms with van der Waals surface area (Å²) < 4.78 is 18.9. The molecule has 3 aliphatic rings. The number of nitrogens with zero attached hydrogens (tertiary/aromatic N) is 1. The summed E-state index contributed by atoms with van der Waals surface area (Å²) in [6, 6.07) is 4.67. The Hall–Kier alpha value is -3.09. The Morgan fingerprint density at radius 1 is 1.00 bits per heavy atom. The van der Waals surface area contributed by atoms with Crippen LogP contribution in [0.4, 0.5) is 4.39 Å².